The number of hydrogen-bond acceptors (Lipinski definition) is 5. The van der Waals surface area contributed by atoms with Gasteiger partial charge in [-0.15, -0.1) is 0 Å². The summed E-state index contributed by atoms with van der Waals surface area (Å²) in [5.74, 6) is -0.223. The minimum atomic E-state index is -1.18. The topological polar surface area (TPSA) is 98.6 Å². The minimum absolute atomic E-state index is 0.0118. The monoisotopic (exact) mass is 276 g/mol. The van der Waals surface area contributed by atoms with Gasteiger partial charge < -0.3 is 20.1 Å². The molecule has 0 aliphatic rings. The van der Waals surface area contributed by atoms with E-state index in [1.165, 1.54) is 0 Å². The highest BCUT2D eigenvalue weighted by atomic mass is 16.5. The predicted octanol–water partition coefficient (Wildman–Crippen LogP) is 2.75. The summed E-state index contributed by atoms with van der Waals surface area (Å²) in [5, 5.41) is 12.6. The van der Waals surface area contributed by atoms with E-state index in [0.717, 1.165) is 11.3 Å². The Kier molecular flexibility index (Phi) is 3.65. The maximum Gasteiger partial charge on any atom is 0.358 e. The van der Waals surface area contributed by atoms with Crippen LogP contribution in [0.2, 0.25) is 0 Å². The first-order valence-electron chi connectivity index (χ1n) is 6.12. The molecule has 0 bridgehead atoms. The van der Waals surface area contributed by atoms with Crippen LogP contribution in [0.1, 0.15) is 35.8 Å². The number of benzene rings is 1. The quantitative estimate of drug-likeness (QED) is 0.890. The number of aromatic nitrogens is 1. The fourth-order valence-corrected chi connectivity index (χ4v) is 2.07. The number of nitrogen functional groups attached to an aromatic ring is 1. The Morgan fingerprint density at radius 2 is 2.15 bits per heavy atom. The van der Waals surface area contributed by atoms with Crippen LogP contribution in [0.25, 0.3) is 11.1 Å². The molecule has 1 aromatic heterocycles. The van der Waals surface area contributed by atoms with Gasteiger partial charge in [0.1, 0.15) is 5.75 Å². The Labute approximate surface area is 116 Å². The average Bonchev–Trinajstić information content (AvgIpc) is 2.80. The summed E-state index contributed by atoms with van der Waals surface area (Å²) in [4.78, 5) is 11.1. The van der Waals surface area contributed by atoms with Gasteiger partial charge in [0, 0.05) is 0 Å². The highest BCUT2D eigenvalue weighted by molar-refractivity contribution is 5.96. The largest absolute Gasteiger partial charge is 0.496 e. The van der Waals surface area contributed by atoms with E-state index < -0.39 is 5.97 Å². The smallest absolute Gasteiger partial charge is 0.358 e. The molecule has 2 aromatic rings. The summed E-state index contributed by atoms with van der Waals surface area (Å²) in [6, 6.07) is 5.36. The first-order chi connectivity index (χ1) is 9.45. The van der Waals surface area contributed by atoms with Gasteiger partial charge in [0.15, 0.2) is 0 Å². The second-order valence-corrected chi connectivity index (χ2v) is 4.69. The first-order valence-corrected chi connectivity index (χ1v) is 6.12. The molecule has 6 nitrogen and oxygen atoms in total. The van der Waals surface area contributed by atoms with Crippen LogP contribution < -0.4 is 10.5 Å². The van der Waals surface area contributed by atoms with Crippen LogP contribution in [-0.2, 0) is 0 Å². The van der Waals surface area contributed by atoms with E-state index in [1.807, 2.05) is 19.9 Å². The van der Waals surface area contributed by atoms with E-state index >= 15 is 0 Å². The number of carboxylic acids is 1. The first kappa shape index (κ1) is 13.9. The van der Waals surface area contributed by atoms with Gasteiger partial charge in [-0.2, -0.15) is 0 Å². The number of hydrogen-bond donors (Lipinski definition) is 2. The second kappa shape index (κ2) is 5.24. The molecule has 0 saturated heterocycles. The van der Waals surface area contributed by atoms with Crippen LogP contribution in [0.15, 0.2) is 22.7 Å². The lowest BCUT2D eigenvalue weighted by Crippen LogP contribution is -2.01. The van der Waals surface area contributed by atoms with Gasteiger partial charge in [-0.1, -0.05) is 25.1 Å². The van der Waals surface area contributed by atoms with Crippen molar-refractivity contribution >= 4 is 11.9 Å². The number of rotatable bonds is 4. The molecule has 3 N–H and O–H groups in total. The van der Waals surface area contributed by atoms with E-state index in [0.29, 0.717) is 11.1 Å². The highest BCUT2D eigenvalue weighted by Crippen LogP contribution is 2.35. The molecule has 0 fully saturated rings. The van der Waals surface area contributed by atoms with Crippen molar-refractivity contribution in [3.8, 4) is 16.9 Å². The van der Waals surface area contributed by atoms with Crippen molar-refractivity contribution in [2.75, 3.05) is 12.8 Å². The molecular weight excluding hydrogens is 260 g/mol. The average molecular weight is 276 g/mol. The van der Waals surface area contributed by atoms with Crippen LogP contribution in [-0.4, -0.2) is 23.3 Å². The standard InChI is InChI=1S/C14H16N2O4/c1-7(2)9-6-8(4-5-10(9)19-3)11-12(14(17)18)16-20-13(11)15/h4-7H,15H2,1-3H3,(H,17,18). The van der Waals surface area contributed by atoms with Crippen LogP contribution in [0.5, 0.6) is 5.75 Å². The minimum Gasteiger partial charge on any atom is -0.496 e. The molecule has 2 rings (SSSR count). The van der Waals surface area contributed by atoms with Crippen molar-refractivity contribution in [3.05, 3.63) is 29.5 Å². The third-order valence-electron chi connectivity index (χ3n) is 3.06. The molecule has 0 spiro atoms. The number of aromatic carboxylic acids is 1. The predicted molar refractivity (Wildman–Crippen MR) is 74.0 cm³/mol. The summed E-state index contributed by atoms with van der Waals surface area (Å²) in [6.45, 7) is 4.05. The SMILES string of the molecule is COc1ccc(-c2c(C(=O)O)noc2N)cc1C(C)C. The number of nitrogens with two attached hydrogens (primary N) is 1. The zero-order valence-corrected chi connectivity index (χ0v) is 11.5. The zero-order chi connectivity index (χ0) is 14.9. The third-order valence-corrected chi connectivity index (χ3v) is 3.06. The fraction of sp³-hybridized carbons (Fsp3) is 0.286. The van der Waals surface area contributed by atoms with Crippen molar-refractivity contribution in [1.82, 2.24) is 5.16 Å². The molecule has 0 saturated carbocycles. The Balaban J connectivity index is 2.62. The number of ether oxygens (including phenoxy) is 1. The Morgan fingerprint density at radius 3 is 2.70 bits per heavy atom. The maximum absolute atomic E-state index is 11.1. The van der Waals surface area contributed by atoms with Gasteiger partial charge >= 0.3 is 5.97 Å². The van der Waals surface area contributed by atoms with E-state index in [9.17, 15) is 4.79 Å². The van der Waals surface area contributed by atoms with Crippen LogP contribution >= 0.6 is 0 Å². The molecule has 1 aromatic carbocycles. The molecule has 0 unspecified atom stereocenters. The number of carboxylic acid groups (broad SMARTS) is 1. The summed E-state index contributed by atoms with van der Waals surface area (Å²) < 4.78 is 10.1. The highest BCUT2D eigenvalue weighted by Gasteiger charge is 2.22. The zero-order valence-electron chi connectivity index (χ0n) is 11.5. The lowest BCUT2D eigenvalue weighted by atomic mass is 9.96. The lowest BCUT2D eigenvalue weighted by molar-refractivity contribution is 0.0686. The van der Waals surface area contributed by atoms with Crippen LogP contribution in [0, 0.1) is 0 Å². The Morgan fingerprint density at radius 1 is 1.45 bits per heavy atom. The van der Waals surface area contributed by atoms with E-state index in [-0.39, 0.29) is 17.5 Å². The van der Waals surface area contributed by atoms with Crippen LogP contribution in [0.4, 0.5) is 5.88 Å². The summed E-state index contributed by atoms with van der Waals surface area (Å²) in [6.07, 6.45) is 0. The van der Waals surface area contributed by atoms with Crippen LogP contribution in [0.3, 0.4) is 0 Å². The van der Waals surface area contributed by atoms with Crippen molar-refractivity contribution in [2.45, 2.75) is 19.8 Å². The van der Waals surface area contributed by atoms with Gasteiger partial charge in [-0.25, -0.2) is 4.79 Å². The van der Waals surface area contributed by atoms with Gasteiger partial charge in [0.2, 0.25) is 11.6 Å². The molecule has 0 amide bonds. The Hall–Kier alpha value is -2.50. The van der Waals surface area contributed by atoms with Crippen molar-refractivity contribution < 1.29 is 19.2 Å². The second-order valence-electron chi connectivity index (χ2n) is 4.69. The number of anilines is 1. The number of carbonyl (C=O) groups is 1. The van der Waals surface area contributed by atoms with E-state index in [4.69, 9.17) is 20.1 Å². The van der Waals surface area contributed by atoms with Gasteiger partial charge in [-0.3, -0.25) is 0 Å². The summed E-state index contributed by atoms with van der Waals surface area (Å²) >= 11 is 0. The maximum atomic E-state index is 11.1. The van der Waals surface area contributed by atoms with Gasteiger partial charge in [0.25, 0.3) is 0 Å². The lowest BCUT2D eigenvalue weighted by Gasteiger charge is -2.13. The molecule has 0 radical (unpaired) electrons. The molecule has 0 aliphatic carbocycles. The normalized spacial score (nSPS) is 10.8. The number of nitrogens with zero attached hydrogens (tertiary/aromatic N) is 1. The van der Waals surface area contributed by atoms with Gasteiger partial charge in [0.05, 0.1) is 12.7 Å². The molecule has 1 heterocycles. The van der Waals surface area contributed by atoms with Crippen molar-refractivity contribution in [2.24, 2.45) is 0 Å². The molecule has 20 heavy (non-hydrogen) atoms. The molecule has 106 valence electrons. The Bertz CT molecular complexity index is 647. The molecular formula is C14H16N2O4. The molecule has 0 aliphatic heterocycles. The van der Waals surface area contributed by atoms with Crippen molar-refractivity contribution in [1.29, 1.82) is 0 Å². The van der Waals surface area contributed by atoms with E-state index in [2.05, 4.69) is 5.16 Å². The van der Waals surface area contributed by atoms with Gasteiger partial charge in [-0.05, 0) is 29.2 Å². The third kappa shape index (κ3) is 2.32. The van der Waals surface area contributed by atoms with Crippen molar-refractivity contribution in [3.63, 3.8) is 0 Å². The van der Waals surface area contributed by atoms with E-state index in [1.54, 1.807) is 19.2 Å². The summed E-state index contributed by atoms with van der Waals surface area (Å²) in [5.41, 5.74) is 7.39. The summed E-state index contributed by atoms with van der Waals surface area (Å²) in [7, 11) is 1.59. The fourth-order valence-electron chi connectivity index (χ4n) is 2.07. The molecule has 0 atom stereocenters. The number of methoxy groups -OCH3 is 1. The molecule has 6 heteroatoms.